The van der Waals surface area contributed by atoms with Gasteiger partial charge in [-0.2, -0.15) is 0 Å². The summed E-state index contributed by atoms with van der Waals surface area (Å²) in [4.78, 5) is 11.6. The Hall–Kier alpha value is -1.51. The molecular formula is C15H20O3. The van der Waals surface area contributed by atoms with Crippen molar-refractivity contribution in [1.82, 2.24) is 0 Å². The standard InChI is InChI=1S/C15H20O3/c1-9(2)11-5-6-12-7-13(15(16)17-4)10(3)18-14(12)8-11/h7,11,14H,1,5-6,8H2,2-4H3/t11-,14?/m0/s1. The number of rotatable bonds is 2. The predicted molar refractivity (Wildman–Crippen MR) is 69.8 cm³/mol. The number of methoxy groups -OCH3 is 1. The van der Waals surface area contributed by atoms with Gasteiger partial charge in [0.05, 0.1) is 12.7 Å². The molecule has 0 saturated heterocycles. The topological polar surface area (TPSA) is 35.5 Å². The lowest BCUT2D eigenvalue weighted by atomic mass is 9.79. The lowest BCUT2D eigenvalue weighted by Gasteiger charge is -2.35. The highest BCUT2D eigenvalue weighted by molar-refractivity contribution is 5.92. The van der Waals surface area contributed by atoms with Crippen molar-refractivity contribution in [1.29, 1.82) is 0 Å². The zero-order chi connectivity index (χ0) is 13.3. The average molecular weight is 248 g/mol. The maximum atomic E-state index is 11.6. The molecule has 0 N–H and O–H groups in total. The predicted octanol–water partition coefficient (Wildman–Crippen LogP) is 3.13. The molecule has 98 valence electrons. The summed E-state index contributed by atoms with van der Waals surface area (Å²) in [5, 5.41) is 0. The lowest BCUT2D eigenvalue weighted by molar-refractivity contribution is -0.136. The van der Waals surface area contributed by atoms with E-state index in [4.69, 9.17) is 9.47 Å². The maximum Gasteiger partial charge on any atom is 0.341 e. The van der Waals surface area contributed by atoms with Crippen LogP contribution in [0.2, 0.25) is 0 Å². The molecule has 3 nitrogen and oxygen atoms in total. The van der Waals surface area contributed by atoms with E-state index in [2.05, 4.69) is 13.5 Å². The smallest absolute Gasteiger partial charge is 0.341 e. The van der Waals surface area contributed by atoms with Gasteiger partial charge in [-0.1, -0.05) is 12.2 Å². The molecule has 0 radical (unpaired) electrons. The molecule has 0 aromatic rings. The molecule has 3 heteroatoms. The number of hydrogen-bond acceptors (Lipinski definition) is 3. The van der Waals surface area contributed by atoms with Crippen molar-refractivity contribution in [3.63, 3.8) is 0 Å². The number of esters is 1. The second-order valence-corrected chi connectivity index (χ2v) is 5.10. The summed E-state index contributed by atoms with van der Waals surface area (Å²) in [5.41, 5.74) is 2.98. The quantitative estimate of drug-likeness (QED) is 0.556. The van der Waals surface area contributed by atoms with Crippen molar-refractivity contribution in [2.24, 2.45) is 5.92 Å². The van der Waals surface area contributed by atoms with Crippen molar-refractivity contribution < 1.29 is 14.3 Å². The molecule has 2 atom stereocenters. The van der Waals surface area contributed by atoms with E-state index in [-0.39, 0.29) is 12.1 Å². The van der Waals surface area contributed by atoms with Gasteiger partial charge in [0, 0.05) is 0 Å². The van der Waals surface area contributed by atoms with Gasteiger partial charge in [-0.3, -0.25) is 0 Å². The molecule has 1 aliphatic heterocycles. The van der Waals surface area contributed by atoms with Crippen LogP contribution in [-0.4, -0.2) is 19.2 Å². The normalized spacial score (nSPS) is 26.9. The molecule has 2 aliphatic rings. The Kier molecular flexibility index (Phi) is 3.60. The van der Waals surface area contributed by atoms with Gasteiger partial charge >= 0.3 is 5.97 Å². The summed E-state index contributed by atoms with van der Waals surface area (Å²) in [6.45, 7) is 7.93. The van der Waals surface area contributed by atoms with Gasteiger partial charge in [0.1, 0.15) is 11.9 Å². The molecule has 1 fully saturated rings. The molecule has 1 saturated carbocycles. The zero-order valence-corrected chi connectivity index (χ0v) is 11.3. The molecule has 0 amide bonds. The first kappa shape index (κ1) is 12.9. The first-order chi connectivity index (χ1) is 8.52. The second-order valence-electron chi connectivity index (χ2n) is 5.10. The molecule has 1 unspecified atom stereocenters. The Bertz CT molecular complexity index is 443. The number of allylic oxidation sites excluding steroid dienone is 2. The van der Waals surface area contributed by atoms with Crippen LogP contribution < -0.4 is 0 Å². The Balaban J connectivity index is 2.18. The molecule has 1 heterocycles. The van der Waals surface area contributed by atoms with Crippen LogP contribution in [0.1, 0.15) is 33.1 Å². The summed E-state index contributed by atoms with van der Waals surface area (Å²) in [6, 6.07) is 0. The van der Waals surface area contributed by atoms with Crippen molar-refractivity contribution >= 4 is 5.97 Å². The Morgan fingerprint density at radius 3 is 2.89 bits per heavy atom. The Morgan fingerprint density at radius 1 is 1.56 bits per heavy atom. The number of carbonyl (C=O) groups excluding carboxylic acids is 1. The summed E-state index contributed by atoms with van der Waals surface area (Å²) in [6.07, 6.45) is 5.08. The monoisotopic (exact) mass is 248 g/mol. The van der Waals surface area contributed by atoms with Gasteiger partial charge in [-0.05, 0) is 50.7 Å². The number of hydrogen-bond donors (Lipinski definition) is 0. The Morgan fingerprint density at radius 2 is 2.28 bits per heavy atom. The first-order valence-electron chi connectivity index (χ1n) is 6.34. The van der Waals surface area contributed by atoms with E-state index in [1.165, 1.54) is 18.3 Å². The van der Waals surface area contributed by atoms with Gasteiger partial charge in [-0.25, -0.2) is 4.79 Å². The van der Waals surface area contributed by atoms with Crippen LogP contribution in [0.5, 0.6) is 0 Å². The van der Waals surface area contributed by atoms with E-state index in [0.717, 1.165) is 19.3 Å². The number of fused-ring (bicyclic) bond motifs is 1. The first-order valence-corrected chi connectivity index (χ1v) is 6.34. The fourth-order valence-electron chi connectivity index (χ4n) is 2.64. The molecular weight excluding hydrogens is 228 g/mol. The third-order valence-corrected chi connectivity index (χ3v) is 3.82. The van der Waals surface area contributed by atoms with E-state index in [9.17, 15) is 4.79 Å². The summed E-state index contributed by atoms with van der Waals surface area (Å²) in [7, 11) is 1.39. The minimum atomic E-state index is -0.319. The molecule has 0 bridgehead atoms. The summed E-state index contributed by atoms with van der Waals surface area (Å²) >= 11 is 0. The zero-order valence-electron chi connectivity index (χ0n) is 11.3. The SMILES string of the molecule is C=C(C)[C@H]1CCC2=CC(C(=O)OC)=C(C)OC2C1. The molecule has 0 aromatic heterocycles. The maximum absolute atomic E-state index is 11.6. The van der Waals surface area contributed by atoms with E-state index in [0.29, 0.717) is 17.3 Å². The fraction of sp³-hybridized carbons (Fsp3) is 0.533. The highest BCUT2D eigenvalue weighted by Crippen LogP contribution is 2.38. The second kappa shape index (κ2) is 5.01. The van der Waals surface area contributed by atoms with Crippen LogP contribution in [0.25, 0.3) is 0 Å². The van der Waals surface area contributed by atoms with Crippen molar-refractivity contribution in [3.8, 4) is 0 Å². The van der Waals surface area contributed by atoms with Gasteiger partial charge in [0.2, 0.25) is 0 Å². The van der Waals surface area contributed by atoms with Gasteiger partial charge in [0.15, 0.2) is 0 Å². The third kappa shape index (κ3) is 2.35. The van der Waals surface area contributed by atoms with Crippen LogP contribution in [-0.2, 0) is 14.3 Å². The largest absolute Gasteiger partial charge is 0.490 e. The van der Waals surface area contributed by atoms with Crippen LogP contribution >= 0.6 is 0 Å². The third-order valence-electron chi connectivity index (χ3n) is 3.82. The highest BCUT2D eigenvalue weighted by Gasteiger charge is 2.32. The van der Waals surface area contributed by atoms with E-state index in [1.54, 1.807) is 0 Å². The van der Waals surface area contributed by atoms with Gasteiger partial charge < -0.3 is 9.47 Å². The summed E-state index contributed by atoms with van der Waals surface area (Å²) in [5.74, 6) is 0.873. The lowest BCUT2D eigenvalue weighted by Crippen LogP contribution is -2.29. The average Bonchev–Trinajstić information content (AvgIpc) is 2.36. The Labute approximate surface area is 108 Å². The van der Waals surface area contributed by atoms with Crippen LogP contribution in [0.4, 0.5) is 0 Å². The number of carbonyl (C=O) groups is 1. The molecule has 0 spiro atoms. The minimum absolute atomic E-state index is 0.105. The van der Waals surface area contributed by atoms with Gasteiger partial charge in [0.25, 0.3) is 0 Å². The van der Waals surface area contributed by atoms with E-state index < -0.39 is 0 Å². The van der Waals surface area contributed by atoms with Crippen molar-refractivity contribution in [2.45, 2.75) is 39.2 Å². The molecule has 1 aliphatic carbocycles. The van der Waals surface area contributed by atoms with Crippen LogP contribution in [0, 0.1) is 5.92 Å². The van der Waals surface area contributed by atoms with Crippen LogP contribution in [0.3, 0.4) is 0 Å². The molecule has 0 aromatic carbocycles. The van der Waals surface area contributed by atoms with Crippen LogP contribution in [0.15, 0.2) is 35.1 Å². The van der Waals surface area contributed by atoms with Crippen molar-refractivity contribution in [3.05, 3.63) is 35.1 Å². The van der Waals surface area contributed by atoms with E-state index >= 15 is 0 Å². The highest BCUT2D eigenvalue weighted by atomic mass is 16.5. The molecule has 18 heavy (non-hydrogen) atoms. The van der Waals surface area contributed by atoms with Crippen molar-refractivity contribution in [2.75, 3.05) is 7.11 Å². The number of ether oxygens (including phenoxy) is 2. The van der Waals surface area contributed by atoms with Gasteiger partial charge in [-0.15, -0.1) is 0 Å². The fourth-order valence-corrected chi connectivity index (χ4v) is 2.64. The molecule has 2 rings (SSSR count). The van der Waals surface area contributed by atoms with E-state index in [1.807, 2.05) is 13.0 Å². The minimum Gasteiger partial charge on any atom is -0.490 e. The summed E-state index contributed by atoms with van der Waals surface area (Å²) < 4.78 is 10.6.